The van der Waals surface area contributed by atoms with Gasteiger partial charge in [0.25, 0.3) is 6.33 Å². The summed E-state index contributed by atoms with van der Waals surface area (Å²) in [7, 11) is 3.10. The van der Waals surface area contributed by atoms with Crippen molar-refractivity contribution in [2.24, 2.45) is 7.05 Å². The number of alkyl carbamates (subject to hydrolysis) is 1. The van der Waals surface area contributed by atoms with Gasteiger partial charge in [0, 0.05) is 12.0 Å². The molecular weight excluding hydrogens is 274 g/mol. The number of hydrogen-bond donors (Lipinski definition) is 1. The zero-order valence-electron chi connectivity index (χ0n) is 13.0. The highest BCUT2D eigenvalue weighted by Crippen LogP contribution is 2.08. The number of carbonyl (C=O) groups is 2. The van der Waals surface area contributed by atoms with E-state index in [0.29, 0.717) is 0 Å². The lowest BCUT2D eigenvalue weighted by Crippen LogP contribution is -2.45. The minimum Gasteiger partial charge on any atom is -0.467 e. The Hall–Kier alpha value is -2.18. The van der Waals surface area contributed by atoms with Gasteiger partial charge in [0.15, 0.2) is 0 Å². The van der Waals surface area contributed by atoms with Crippen LogP contribution in [0.5, 0.6) is 0 Å². The lowest BCUT2D eigenvalue weighted by molar-refractivity contribution is -0.675. The van der Waals surface area contributed by atoms with Gasteiger partial charge in [-0.3, -0.25) is 0 Å². The lowest BCUT2D eigenvalue weighted by atomic mass is 10.1. The number of nitrogens with zero attached hydrogens (tertiary/aromatic N) is 2. The molecule has 0 aliphatic heterocycles. The molecule has 116 valence electrons. The Kier molecular flexibility index (Phi) is 5.63. The monoisotopic (exact) mass is 296 g/mol. The molecule has 7 heteroatoms. The summed E-state index contributed by atoms with van der Waals surface area (Å²) < 4.78 is 11.6. The van der Waals surface area contributed by atoms with E-state index in [1.807, 2.05) is 13.2 Å². The van der Waals surface area contributed by atoms with Crippen molar-refractivity contribution in [2.45, 2.75) is 38.8 Å². The topological polar surface area (TPSA) is 81.4 Å². The summed E-state index contributed by atoms with van der Waals surface area (Å²) in [5.74, 6) is -0.535. The smallest absolute Gasteiger partial charge is 0.408 e. The van der Waals surface area contributed by atoms with Crippen molar-refractivity contribution >= 4 is 12.1 Å². The minimum absolute atomic E-state index is 0.271. The molecule has 0 aliphatic rings. The highest BCUT2D eigenvalue weighted by molar-refractivity contribution is 5.81. The normalized spacial score (nSPS) is 12.4. The van der Waals surface area contributed by atoms with Gasteiger partial charge in [-0.25, -0.2) is 14.2 Å². The number of aryl methyl sites for hydroxylation is 1. The predicted octanol–water partition coefficient (Wildman–Crippen LogP) is 0.515. The standard InChI is InChI=1S/C14H21N3O4/c1-14(2,3)21-13(19)16-11(12(18)20-5)6-10-7-15-9-17(4)8-10/h7-9,11H,6H2,1-5H3/p+1. The molecule has 0 radical (unpaired) electrons. The van der Waals surface area contributed by atoms with E-state index < -0.39 is 23.7 Å². The maximum atomic E-state index is 11.8. The van der Waals surface area contributed by atoms with E-state index in [9.17, 15) is 9.59 Å². The first kappa shape index (κ1) is 16.9. The van der Waals surface area contributed by atoms with E-state index in [4.69, 9.17) is 9.47 Å². The summed E-state index contributed by atoms with van der Waals surface area (Å²) in [6.45, 7) is 5.25. The third kappa shape index (κ3) is 6.20. The number of methoxy groups -OCH3 is 1. The van der Waals surface area contributed by atoms with Crippen molar-refractivity contribution in [3.8, 4) is 0 Å². The number of hydrogen-bond acceptors (Lipinski definition) is 5. The molecule has 0 spiro atoms. The molecule has 1 aromatic rings. The van der Waals surface area contributed by atoms with Gasteiger partial charge in [-0.1, -0.05) is 4.98 Å². The second-order valence-electron chi connectivity index (χ2n) is 5.69. The Bertz CT molecular complexity index is 511. The molecule has 1 N–H and O–H groups in total. The van der Waals surface area contributed by atoms with Crippen LogP contribution >= 0.6 is 0 Å². The Morgan fingerprint density at radius 1 is 1.43 bits per heavy atom. The Balaban J connectivity index is 2.77. The lowest BCUT2D eigenvalue weighted by Gasteiger charge is -2.22. The zero-order valence-corrected chi connectivity index (χ0v) is 13.0. The maximum absolute atomic E-state index is 11.8. The van der Waals surface area contributed by atoms with Crippen LogP contribution in [-0.2, 0) is 27.7 Å². The van der Waals surface area contributed by atoms with E-state index in [0.717, 1.165) is 5.56 Å². The van der Waals surface area contributed by atoms with E-state index in [-0.39, 0.29) is 6.42 Å². The quantitative estimate of drug-likeness (QED) is 0.647. The van der Waals surface area contributed by atoms with Crippen molar-refractivity contribution < 1.29 is 23.6 Å². The second-order valence-corrected chi connectivity index (χ2v) is 5.69. The molecule has 1 atom stereocenters. The largest absolute Gasteiger partial charge is 0.467 e. The molecule has 0 saturated heterocycles. The molecule has 0 aromatic carbocycles. The Morgan fingerprint density at radius 3 is 2.62 bits per heavy atom. The third-order valence-corrected chi connectivity index (χ3v) is 2.48. The van der Waals surface area contributed by atoms with E-state index >= 15 is 0 Å². The second kappa shape index (κ2) is 7.01. The van der Waals surface area contributed by atoms with Crippen LogP contribution in [0.3, 0.4) is 0 Å². The highest BCUT2D eigenvalue weighted by Gasteiger charge is 2.26. The molecule has 1 rings (SSSR count). The van der Waals surface area contributed by atoms with Crippen LogP contribution in [0, 0.1) is 0 Å². The van der Waals surface area contributed by atoms with Gasteiger partial charge in [-0.2, -0.15) is 0 Å². The number of nitrogens with one attached hydrogen (secondary N) is 1. The van der Waals surface area contributed by atoms with Crippen molar-refractivity contribution in [1.82, 2.24) is 10.3 Å². The first-order valence-electron chi connectivity index (χ1n) is 6.58. The average molecular weight is 296 g/mol. The average Bonchev–Trinajstić information content (AvgIpc) is 2.34. The van der Waals surface area contributed by atoms with Crippen LogP contribution < -0.4 is 9.88 Å². The van der Waals surface area contributed by atoms with Crippen LogP contribution in [0.2, 0.25) is 0 Å². The molecule has 0 saturated carbocycles. The van der Waals surface area contributed by atoms with Crippen molar-refractivity contribution in [1.29, 1.82) is 0 Å². The van der Waals surface area contributed by atoms with E-state index in [1.54, 1.807) is 37.9 Å². The molecule has 1 heterocycles. The van der Waals surface area contributed by atoms with Crippen LogP contribution in [0.4, 0.5) is 4.79 Å². The zero-order chi connectivity index (χ0) is 16.0. The first-order valence-corrected chi connectivity index (χ1v) is 6.58. The van der Waals surface area contributed by atoms with Gasteiger partial charge < -0.3 is 14.8 Å². The summed E-state index contributed by atoms with van der Waals surface area (Å²) in [4.78, 5) is 27.6. The molecular formula is C14H22N3O4+. The Morgan fingerprint density at radius 2 is 2.10 bits per heavy atom. The molecule has 0 fully saturated rings. The molecule has 1 unspecified atom stereocenters. The molecule has 1 aromatic heterocycles. The maximum Gasteiger partial charge on any atom is 0.408 e. The summed E-state index contributed by atoms with van der Waals surface area (Å²) >= 11 is 0. The number of esters is 1. The third-order valence-electron chi connectivity index (χ3n) is 2.48. The number of rotatable bonds is 4. The van der Waals surface area contributed by atoms with Gasteiger partial charge in [0.05, 0.1) is 20.4 Å². The number of aromatic nitrogens is 2. The molecule has 1 amide bonds. The van der Waals surface area contributed by atoms with Gasteiger partial charge in [0.1, 0.15) is 17.8 Å². The molecule has 21 heavy (non-hydrogen) atoms. The van der Waals surface area contributed by atoms with Crippen molar-refractivity contribution in [3.05, 3.63) is 24.3 Å². The van der Waals surface area contributed by atoms with Gasteiger partial charge in [0.2, 0.25) is 0 Å². The van der Waals surface area contributed by atoms with Crippen LogP contribution in [0.15, 0.2) is 18.7 Å². The van der Waals surface area contributed by atoms with Gasteiger partial charge >= 0.3 is 12.1 Å². The fraction of sp³-hybridized carbons (Fsp3) is 0.571. The predicted molar refractivity (Wildman–Crippen MR) is 74.3 cm³/mol. The SMILES string of the molecule is COC(=O)C(Cc1cnc[n+](C)c1)NC(=O)OC(C)(C)C. The summed E-state index contributed by atoms with van der Waals surface area (Å²) in [6.07, 6.45) is 4.70. The fourth-order valence-corrected chi connectivity index (χ4v) is 1.69. The molecule has 7 nitrogen and oxygen atoms in total. The number of ether oxygens (including phenoxy) is 2. The highest BCUT2D eigenvalue weighted by atomic mass is 16.6. The van der Waals surface area contributed by atoms with Crippen LogP contribution in [-0.4, -0.2) is 35.8 Å². The summed E-state index contributed by atoms with van der Waals surface area (Å²) in [5, 5.41) is 2.52. The number of amides is 1. The van der Waals surface area contributed by atoms with E-state index in [2.05, 4.69) is 10.3 Å². The van der Waals surface area contributed by atoms with Crippen LogP contribution in [0.25, 0.3) is 0 Å². The van der Waals surface area contributed by atoms with Crippen LogP contribution in [0.1, 0.15) is 26.3 Å². The van der Waals surface area contributed by atoms with Gasteiger partial charge in [-0.15, -0.1) is 0 Å². The van der Waals surface area contributed by atoms with Gasteiger partial charge in [-0.05, 0) is 20.8 Å². The van der Waals surface area contributed by atoms with Crippen molar-refractivity contribution in [2.75, 3.05) is 7.11 Å². The Labute approximate surface area is 124 Å². The number of carbonyl (C=O) groups excluding carboxylic acids is 2. The first-order chi connectivity index (χ1) is 9.71. The minimum atomic E-state index is -0.825. The molecule has 0 aliphatic carbocycles. The summed E-state index contributed by atoms with van der Waals surface area (Å²) in [6, 6.07) is -0.825. The van der Waals surface area contributed by atoms with Crippen molar-refractivity contribution in [3.63, 3.8) is 0 Å². The fourth-order valence-electron chi connectivity index (χ4n) is 1.69. The molecule has 0 bridgehead atoms. The summed E-state index contributed by atoms with van der Waals surface area (Å²) in [5.41, 5.74) is 0.164. The van der Waals surface area contributed by atoms with E-state index in [1.165, 1.54) is 7.11 Å².